The van der Waals surface area contributed by atoms with Gasteiger partial charge in [-0.05, 0) is 25.7 Å². The maximum absolute atomic E-state index is 13.8. The van der Waals surface area contributed by atoms with Crippen molar-refractivity contribution in [1.29, 1.82) is 0 Å². The number of hydrogen-bond donors (Lipinski definition) is 20. The fourth-order valence-corrected chi connectivity index (χ4v) is 11.6. The summed E-state index contributed by atoms with van der Waals surface area (Å²) >= 11 is 0. The summed E-state index contributed by atoms with van der Waals surface area (Å²) in [6.45, 7) is 0.340. The molecule has 4 rings (SSSR count). The molecule has 17 unspecified atom stereocenters. The van der Waals surface area contributed by atoms with Crippen molar-refractivity contribution in [3.63, 3.8) is 0 Å². The molecule has 20 N–H and O–H groups in total. The predicted molar refractivity (Wildman–Crippen MR) is 353 cm³/mol. The maximum Gasteiger partial charge on any atom is 0.242 e. The zero-order valence-electron chi connectivity index (χ0n) is 58.9. The molecule has 0 bridgehead atoms. The summed E-state index contributed by atoms with van der Waals surface area (Å²) in [6.07, 6.45) is -12.7. The fourth-order valence-electron chi connectivity index (χ4n) is 11.6. The Labute approximate surface area is 597 Å². The highest BCUT2D eigenvalue weighted by Gasteiger charge is 2.48. The van der Waals surface area contributed by atoms with Gasteiger partial charge in [0.25, 0.3) is 0 Å². The van der Waals surface area contributed by atoms with Gasteiger partial charge in [-0.2, -0.15) is 0 Å². The van der Waals surface area contributed by atoms with Gasteiger partial charge in [0.05, 0.1) is 98.1 Å². The number of ether oxygens (including phenoxy) is 10. The van der Waals surface area contributed by atoms with E-state index in [2.05, 4.69) is 47.9 Å². The lowest BCUT2D eigenvalue weighted by molar-refractivity contribution is -0.272. The number of nitrogens with one attached hydrogen (secondary N) is 9. The molecule has 0 saturated carbocycles. The molecule has 4 aliphatic rings. The van der Waals surface area contributed by atoms with Crippen LogP contribution in [0.25, 0.3) is 0 Å². The quantitative estimate of drug-likeness (QED) is 0.0252. The summed E-state index contributed by atoms with van der Waals surface area (Å²) in [5.74, 6) is -4.96. The molecule has 0 radical (unpaired) electrons. The summed E-state index contributed by atoms with van der Waals surface area (Å²) in [7, 11) is 0. The van der Waals surface area contributed by atoms with Gasteiger partial charge in [-0.1, -0.05) is 38.5 Å². The van der Waals surface area contributed by atoms with Gasteiger partial charge in [0.15, 0.2) is 18.9 Å². The third kappa shape index (κ3) is 33.4. The second-order valence-corrected chi connectivity index (χ2v) is 25.4. The number of aliphatic hydroxyl groups excluding tert-OH is 11. The molecular formula is C64H113N9O30. The van der Waals surface area contributed by atoms with E-state index in [9.17, 15) is 99.3 Å². The third-order valence-corrected chi connectivity index (χ3v) is 17.1. The van der Waals surface area contributed by atoms with Crippen LogP contribution >= 0.6 is 0 Å². The van der Waals surface area contributed by atoms with Crippen molar-refractivity contribution in [1.82, 2.24) is 47.9 Å². The van der Waals surface area contributed by atoms with E-state index >= 15 is 0 Å². The summed E-state index contributed by atoms with van der Waals surface area (Å²) < 4.78 is 55.9. The van der Waals surface area contributed by atoms with Gasteiger partial charge in [-0.25, -0.2) is 0 Å². The minimum absolute atomic E-state index is 0.0242. The van der Waals surface area contributed by atoms with Gasteiger partial charge in [0, 0.05) is 79.1 Å². The van der Waals surface area contributed by atoms with Crippen molar-refractivity contribution < 1.29 is 147 Å². The fraction of sp³-hybridized carbons (Fsp3) is 0.859. The van der Waals surface area contributed by atoms with Crippen molar-refractivity contribution >= 4 is 53.2 Å². The van der Waals surface area contributed by atoms with Crippen LogP contribution in [0.5, 0.6) is 0 Å². The molecule has 4 heterocycles. The highest BCUT2D eigenvalue weighted by molar-refractivity contribution is 5.90. The van der Waals surface area contributed by atoms with Crippen molar-refractivity contribution in [3.05, 3.63) is 0 Å². The first-order valence-electron chi connectivity index (χ1n) is 35.2. The first kappa shape index (κ1) is 89.8. The monoisotopic (exact) mass is 1490 g/mol. The number of carbonyl (C=O) groups excluding carboxylic acids is 9. The van der Waals surface area contributed by atoms with E-state index in [1.54, 1.807) is 0 Å². The third-order valence-electron chi connectivity index (χ3n) is 17.1. The van der Waals surface area contributed by atoms with Gasteiger partial charge in [0.2, 0.25) is 53.2 Å². The lowest BCUT2D eigenvalue weighted by atomic mass is 9.97. The Hall–Kier alpha value is -5.61. The topological polar surface area (TPSA) is 577 Å². The second kappa shape index (κ2) is 50.0. The maximum atomic E-state index is 13.8. The minimum Gasteiger partial charge on any atom is -0.394 e. The van der Waals surface area contributed by atoms with Crippen LogP contribution in [0.2, 0.25) is 0 Å². The van der Waals surface area contributed by atoms with Crippen LogP contribution < -0.4 is 47.9 Å². The van der Waals surface area contributed by atoms with E-state index in [1.165, 1.54) is 20.8 Å². The number of amides is 9. The van der Waals surface area contributed by atoms with Gasteiger partial charge < -0.3 is 151 Å². The van der Waals surface area contributed by atoms with Crippen molar-refractivity contribution in [3.8, 4) is 0 Å². The van der Waals surface area contributed by atoms with Crippen LogP contribution in [0.3, 0.4) is 0 Å². The predicted octanol–water partition coefficient (Wildman–Crippen LogP) is -8.68. The highest BCUT2D eigenvalue weighted by atomic mass is 16.7. The second-order valence-electron chi connectivity index (χ2n) is 25.4. The molecular weight excluding hydrogens is 1370 g/mol. The first-order valence-corrected chi connectivity index (χ1v) is 35.2. The van der Waals surface area contributed by atoms with Crippen LogP contribution in [0.4, 0.5) is 0 Å². The Morgan fingerprint density at radius 1 is 0.379 bits per heavy atom. The van der Waals surface area contributed by atoms with Crippen LogP contribution in [0, 0.1) is 0 Å². The molecule has 39 nitrogen and oxygen atoms in total. The molecule has 0 spiro atoms. The first-order chi connectivity index (χ1) is 49.3. The minimum atomic E-state index is -1.55. The molecule has 4 aliphatic heterocycles. The van der Waals surface area contributed by atoms with Gasteiger partial charge in [0.1, 0.15) is 91.2 Å². The van der Waals surface area contributed by atoms with Gasteiger partial charge in [-0.15, -0.1) is 0 Å². The molecule has 0 aliphatic carbocycles. The zero-order valence-corrected chi connectivity index (χ0v) is 58.9. The van der Waals surface area contributed by atoms with Crippen LogP contribution in [-0.4, -0.2) is 344 Å². The molecule has 0 aromatic carbocycles. The lowest BCUT2D eigenvalue weighted by Crippen LogP contribution is -2.64. The summed E-state index contributed by atoms with van der Waals surface area (Å²) in [5, 5.41) is 134. The molecule has 594 valence electrons. The average molecular weight is 1490 g/mol. The number of rotatable bonds is 51. The molecule has 20 atom stereocenters. The zero-order chi connectivity index (χ0) is 75.8. The number of carbonyl (C=O) groups is 9. The summed E-state index contributed by atoms with van der Waals surface area (Å²) in [5.41, 5.74) is 0. The van der Waals surface area contributed by atoms with E-state index in [-0.39, 0.29) is 130 Å². The van der Waals surface area contributed by atoms with E-state index in [1.807, 2.05) is 0 Å². The van der Waals surface area contributed by atoms with E-state index in [4.69, 9.17) is 47.4 Å². The summed E-state index contributed by atoms with van der Waals surface area (Å²) in [6, 6.07) is -6.17. The SMILES string of the molecule is CC(=O)NC1C(OCCOCCNC(=O)CCC(NC(=O)CCC(NC(=O)CCCCCCCCCCC(=O)NC[C@@H]2C[C@H](O)[C@@H](CO)O2)C(=O)NCCOCCOC2OC(CO)C(O)C(O)C2NC(C)=O)C(=O)NCCOCCOC2OC(CO)C(O)C(O)C2NC(C)=O)OC(CO)C(O)C1O. The van der Waals surface area contributed by atoms with Crippen LogP contribution in [-0.2, 0) is 90.5 Å². The average Bonchev–Trinajstić information content (AvgIpc) is 1.27. The molecule has 0 aromatic heterocycles. The van der Waals surface area contributed by atoms with E-state index in [0.717, 1.165) is 32.1 Å². The number of unbranched alkanes of at least 4 members (excludes halogenated alkanes) is 7. The smallest absolute Gasteiger partial charge is 0.242 e. The number of hydrogen-bond acceptors (Lipinski definition) is 30. The largest absolute Gasteiger partial charge is 0.394 e. The molecule has 9 amide bonds. The summed E-state index contributed by atoms with van der Waals surface area (Å²) in [4.78, 5) is 116. The number of aliphatic hydroxyl groups is 11. The Kier molecular flexibility index (Phi) is 43.6. The molecule has 0 aromatic rings. The Bertz CT molecular complexity index is 2520. The lowest BCUT2D eigenvalue weighted by Gasteiger charge is -2.42. The van der Waals surface area contributed by atoms with E-state index in [0.29, 0.717) is 32.1 Å². The van der Waals surface area contributed by atoms with E-state index < -0.39 is 190 Å². The standard InChI is InChI=1S/C64H113N9O30/c1-36(78)69-51-57(89)54(86)44(33-75)101-62(51)97-27-24-94-21-18-65-48(83)16-14-40(60(92)66-19-22-95-25-28-98-63-52(70-37(2)79)58(90)55(87)45(34-76)102-63)73-50(85)17-15-41(61(93)67-20-23-96-26-29-99-64-53(71-38(3)80)59(91)56(88)46(35-77)103-64)72-49(84)13-11-9-7-5-4-6-8-10-12-47(82)68-31-39-30-42(81)43(32-74)100-39/h39-46,51-59,62-64,74-77,81,86-91H,4-35H2,1-3H3,(H,65,83)(H,66,92)(H,67,93)(H,68,82)(H,69,78)(H,70,79)(H,71,80)(H,72,84)(H,73,85)/t39-,40?,41?,42-,43+,44?,45?,46?,51?,52?,53?,54?,55?,56?,57?,58?,59?,62?,63?,64?/m0/s1. The Morgan fingerprint density at radius 2 is 0.709 bits per heavy atom. The van der Waals surface area contributed by atoms with Crippen molar-refractivity contribution in [2.45, 2.75) is 239 Å². The van der Waals surface area contributed by atoms with Gasteiger partial charge >= 0.3 is 0 Å². The highest BCUT2D eigenvalue weighted by Crippen LogP contribution is 2.26. The molecule has 4 fully saturated rings. The van der Waals surface area contributed by atoms with Crippen molar-refractivity contribution in [2.75, 3.05) is 112 Å². The van der Waals surface area contributed by atoms with Crippen molar-refractivity contribution in [2.24, 2.45) is 0 Å². The molecule has 4 saturated heterocycles. The van der Waals surface area contributed by atoms with Crippen LogP contribution in [0.15, 0.2) is 0 Å². The molecule has 103 heavy (non-hydrogen) atoms. The Morgan fingerprint density at radius 3 is 1.07 bits per heavy atom. The normalized spacial score (nSPS) is 28.3. The Balaban J connectivity index is 1.32. The van der Waals surface area contributed by atoms with Gasteiger partial charge in [-0.3, -0.25) is 43.2 Å². The van der Waals surface area contributed by atoms with Crippen LogP contribution in [0.1, 0.15) is 117 Å². The molecule has 39 heteroatoms.